The monoisotopic (exact) mass is 289 g/mol. The minimum Gasteiger partial charge on any atom is -0.342 e. The summed E-state index contributed by atoms with van der Waals surface area (Å²) < 4.78 is 4.43. The molecule has 1 aliphatic carbocycles. The van der Waals surface area contributed by atoms with E-state index in [0.29, 0.717) is 18.3 Å². The molecule has 0 atom stereocenters. The molecule has 0 aromatic carbocycles. The molecule has 0 unspecified atom stereocenters. The van der Waals surface area contributed by atoms with Crippen molar-refractivity contribution in [1.82, 2.24) is 19.3 Å². The maximum atomic E-state index is 12.0. The Balaban J connectivity index is 1.63. The lowest BCUT2D eigenvalue weighted by Gasteiger charge is -2.26. The van der Waals surface area contributed by atoms with Gasteiger partial charge >= 0.3 is 0 Å². The van der Waals surface area contributed by atoms with E-state index in [4.69, 9.17) is 0 Å². The molecule has 0 radical (unpaired) electrons. The van der Waals surface area contributed by atoms with E-state index in [1.54, 1.807) is 0 Å². The van der Waals surface area contributed by atoms with Crippen molar-refractivity contribution in [3.63, 3.8) is 0 Å². The van der Waals surface area contributed by atoms with Gasteiger partial charge in [0.2, 0.25) is 5.13 Å². The number of nitrogens with zero attached hydrogens (tertiary/aromatic N) is 4. The topological polar surface area (TPSA) is 74.8 Å². The lowest BCUT2D eigenvalue weighted by atomic mass is 10.1. The average molecular weight is 289 g/mol. The lowest BCUT2D eigenvalue weighted by molar-refractivity contribution is 0.688. The van der Waals surface area contributed by atoms with Crippen molar-refractivity contribution in [2.24, 2.45) is 0 Å². The minimum absolute atomic E-state index is 0.0240. The molecular formula is C13H15N5OS. The number of anilines is 1. The van der Waals surface area contributed by atoms with Gasteiger partial charge < -0.3 is 9.88 Å². The van der Waals surface area contributed by atoms with E-state index in [2.05, 4.69) is 24.2 Å². The number of rotatable bonds is 2. The maximum Gasteiger partial charge on any atom is 0.256 e. The van der Waals surface area contributed by atoms with Crippen LogP contribution in [0.3, 0.4) is 0 Å². The third-order valence-corrected chi connectivity index (χ3v) is 4.62. The Morgan fingerprint density at radius 1 is 1.35 bits per heavy atom. The van der Waals surface area contributed by atoms with Crippen LogP contribution in [0, 0.1) is 6.92 Å². The molecule has 6 nitrogen and oxygen atoms in total. The molecular weight excluding hydrogens is 274 g/mol. The van der Waals surface area contributed by atoms with E-state index in [-0.39, 0.29) is 5.56 Å². The fraction of sp³-hybridized carbons (Fsp3) is 0.538. The van der Waals surface area contributed by atoms with Crippen LogP contribution in [0.15, 0.2) is 4.79 Å². The van der Waals surface area contributed by atoms with E-state index >= 15 is 0 Å². The zero-order chi connectivity index (χ0) is 13.7. The largest absolute Gasteiger partial charge is 0.342 e. The number of fused-ring (bicyclic) bond motifs is 1. The van der Waals surface area contributed by atoms with Gasteiger partial charge in [0.05, 0.1) is 17.8 Å². The summed E-state index contributed by atoms with van der Waals surface area (Å²) >= 11 is 1.44. The van der Waals surface area contributed by atoms with Crippen LogP contribution in [0.25, 0.3) is 0 Å². The van der Waals surface area contributed by atoms with Gasteiger partial charge in [-0.3, -0.25) is 4.79 Å². The van der Waals surface area contributed by atoms with Crippen LogP contribution in [0.5, 0.6) is 0 Å². The predicted molar refractivity (Wildman–Crippen MR) is 76.2 cm³/mol. The van der Waals surface area contributed by atoms with Crippen LogP contribution in [0.4, 0.5) is 5.13 Å². The highest BCUT2D eigenvalue weighted by atomic mass is 32.1. The second-order valence-electron chi connectivity index (χ2n) is 5.46. The van der Waals surface area contributed by atoms with E-state index < -0.39 is 0 Å². The molecule has 1 N–H and O–H groups in total. The predicted octanol–water partition coefficient (Wildman–Crippen LogP) is 1.37. The first-order valence-electron chi connectivity index (χ1n) is 6.88. The molecule has 104 valence electrons. The van der Waals surface area contributed by atoms with Gasteiger partial charge in [0.25, 0.3) is 5.56 Å². The summed E-state index contributed by atoms with van der Waals surface area (Å²) in [7, 11) is 0. The van der Waals surface area contributed by atoms with E-state index in [1.807, 2.05) is 6.92 Å². The summed E-state index contributed by atoms with van der Waals surface area (Å²) in [6.45, 7) is 3.25. The van der Waals surface area contributed by atoms with Crippen LogP contribution < -0.4 is 10.5 Å². The molecule has 3 heterocycles. The third kappa shape index (κ3) is 2.02. The molecule has 2 aromatic rings. The number of nitrogens with one attached hydrogen (secondary N) is 1. The molecule has 1 aliphatic heterocycles. The Labute approximate surface area is 120 Å². The van der Waals surface area contributed by atoms with Gasteiger partial charge in [-0.2, -0.15) is 4.37 Å². The van der Waals surface area contributed by atoms with Crippen LogP contribution in [0.2, 0.25) is 0 Å². The number of aromatic amines is 1. The number of H-pyrrole nitrogens is 1. The maximum absolute atomic E-state index is 12.0. The van der Waals surface area contributed by atoms with Crippen molar-refractivity contribution < 1.29 is 0 Å². The van der Waals surface area contributed by atoms with Crippen LogP contribution >= 0.6 is 11.5 Å². The van der Waals surface area contributed by atoms with Gasteiger partial charge in [-0.1, -0.05) is 0 Å². The first-order chi connectivity index (χ1) is 9.70. The standard InChI is InChI=1S/C13H15N5OS/c1-7-14-10-4-5-18(6-9(10)12(19)15-7)13-16-11(17-20-13)8-2-3-8/h8H,2-6H2,1H3,(H,14,15,19). The second-order valence-corrected chi connectivity index (χ2v) is 6.19. The smallest absolute Gasteiger partial charge is 0.256 e. The van der Waals surface area contributed by atoms with Gasteiger partial charge in [-0.15, -0.1) is 0 Å². The Morgan fingerprint density at radius 3 is 3.00 bits per heavy atom. The normalized spacial score (nSPS) is 18.1. The fourth-order valence-corrected chi connectivity index (χ4v) is 3.35. The van der Waals surface area contributed by atoms with E-state index in [9.17, 15) is 4.79 Å². The molecule has 1 saturated carbocycles. The number of aromatic nitrogens is 4. The zero-order valence-electron chi connectivity index (χ0n) is 11.2. The number of hydrogen-bond acceptors (Lipinski definition) is 6. The first kappa shape index (κ1) is 12.0. The highest BCUT2D eigenvalue weighted by molar-refractivity contribution is 7.09. The Hall–Kier alpha value is -1.76. The summed E-state index contributed by atoms with van der Waals surface area (Å²) in [6.07, 6.45) is 3.21. The SMILES string of the molecule is Cc1nc2c(c(=O)[nH]1)CN(c1nc(C3CC3)ns1)CC2. The summed E-state index contributed by atoms with van der Waals surface area (Å²) in [5, 5.41) is 0.928. The Morgan fingerprint density at radius 2 is 2.20 bits per heavy atom. The molecule has 4 rings (SSSR count). The van der Waals surface area contributed by atoms with Gasteiger partial charge in [-0.05, 0) is 19.8 Å². The van der Waals surface area contributed by atoms with Crippen molar-refractivity contribution in [2.45, 2.75) is 38.6 Å². The van der Waals surface area contributed by atoms with Crippen molar-refractivity contribution >= 4 is 16.7 Å². The van der Waals surface area contributed by atoms with E-state index in [1.165, 1.54) is 24.4 Å². The first-order valence-corrected chi connectivity index (χ1v) is 7.65. The molecule has 2 aliphatic rings. The summed E-state index contributed by atoms with van der Waals surface area (Å²) in [5.74, 6) is 2.24. The van der Waals surface area contributed by atoms with Crippen molar-refractivity contribution in [2.75, 3.05) is 11.4 Å². The van der Waals surface area contributed by atoms with Crippen molar-refractivity contribution in [3.8, 4) is 0 Å². The molecule has 0 amide bonds. The third-order valence-electron chi connectivity index (χ3n) is 3.83. The van der Waals surface area contributed by atoms with Gasteiger partial charge in [-0.25, -0.2) is 9.97 Å². The Kier molecular flexibility index (Phi) is 2.63. The highest BCUT2D eigenvalue weighted by Crippen LogP contribution is 2.40. The fourth-order valence-electron chi connectivity index (χ4n) is 2.57. The molecule has 7 heteroatoms. The molecule has 20 heavy (non-hydrogen) atoms. The lowest BCUT2D eigenvalue weighted by Crippen LogP contribution is -2.35. The highest BCUT2D eigenvalue weighted by Gasteiger charge is 2.29. The summed E-state index contributed by atoms with van der Waals surface area (Å²) in [5.41, 5.74) is 1.67. The number of aryl methyl sites for hydroxylation is 1. The van der Waals surface area contributed by atoms with Crippen LogP contribution in [-0.4, -0.2) is 25.9 Å². The molecule has 0 bridgehead atoms. The van der Waals surface area contributed by atoms with Crippen molar-refractivity contribution in [3.05, 3.63) is 33.3 Å². The average Bonchev–Trinajstić information content (AvgIpc) is 3.16. The summed E-state index contributed by atoms with van der Waals surface area (Å²) in [4.78, 5) is 26.0. The van der Waals surface area contributed by atoms with Crippen LogP contribution in [0.1, 0.15) is 41.7 Å². The van der Waals surface area contributed by atoms with Crippen molar-refractivity contribution in [1.29, 1.82) is 0 Å². The molecule has 0 spiro atoms. The Bertz CT molecular complexity index is 718. The molecule has 2 aromatic heterocycles. The molecule has 1 fully saturated rings. The minimum atomic E-state index is -0.0240. The quantitative estimate of drug-likeness (QED) is 0.903. The number of hydrogen-bond donors (Lipinski definition) is 1. The summed E-state index contributed by atoms with van der Waals surface area (Å²) in [6, 6.07) is 0. The van der Waals surface area contributed by atoms with Crippen LogP contribution in [-0.2, 0) is 13.0 Å². The second kappa shape index (κ2) is 4.37. The van der Waals surface area contributed by atoms with E-state index in [0.717, 1.165) is 35.2 Å². The van der Waals surface area contributed by atoms with Gasteiger partial charge in [0, 0.05) is 30.4 Å². The van der Waals surface area contributed by atoms with Gasteiger partial charge in [0.15, 0.2) is 0 Å². The van der Waals surface area contributed by atoms with Gasteiger partial charge in [0.1, 0.15) is 11.6 Å². The zero-order valence-corrected chi connectivity index (χ0v) is 12.0. The molecule has 0 saturated heterocycles.